The molecule has 130 valence electrons. The summed E-state index contributed by atoms with van der Waals surface area (Å²) in [6.07, 6.45) is 8.14. The van der Waals surface area contributed by atoms with Crippen LogP contribution in [0.2, 0.25) is 0 Å². The molecule has 4 rings (SSSR count). The van der Waals surface area contributed by atoms with Crippen LogP contribution in [0.4, 0.5) is 0 Å². The Morgan fingerprint density at radius 3 is 2.50 bits per heavy atom. The second kappa shape index (κ2) is 6.68. The summed E-state index contributed by atoms with van der Waals surface area (Å²) in [5.74, 6) is 2.41. The molecule has 2 aromatic carbocycles. The number of para-hydroxylation sites is 1. The van der Waals surface area contributed by atoms with Crippen LogP contribution < -0.4 is 10.1 Å². The van der Waals surface area contributed by atoms with Crippen LogP contribution in [0.25, 0.3) is 0 Å². The first-order valence-corrected chi connectivity index (χ1v) is 8.84. The van der Waals surface area contributed by atoms with Gasteiger partial charge in [-0.3, -0.25) is 9.59 Å². The molecule has 1 N–H and O–H groups in total. The SMILES string of the molecule is C#Cc1ccc(C2CC2C(=O)Oc2ccccc2C(=O)NC2CC2)cc1. The van der Waals surface area contributed by atoms with Crippen LogP contribution in [0.3, 0.4) is 0 Å². The molecule has 2 unspecified atom stereocenters. The molecule has 2 fully saturated rings. The molecule has 2 atom stereocenters. The highest BCUT2D eigenvalue weighted by atomic mass is 16.5. The number of carbonyl (C=O) groups is 2. The molecular formula is C22H19NO3. The number of nitrogens with one attached hydrogen (secondary N) is 1. The summed E-state index contributed by atoms with van der Waals surface area (Å²) in [5, 5.41) is 2.93. The highest BCUT2D eigenvalue weighted by Gasteiger charge is 2.45. The molecule has 0 bridgehead atoms. The normalized spacial score (nSPS) is 20.7. The fourth-order valence-electron chi connectivity index (χ4n) is 3.07. The van der Waals surface area contributed by atoms with E-state index in [4.69, 9.17) is 11.2 Å². The third-order valence-corrected chi connectivity index (χ3v) is 4.85. The lowest BCUT2D eigenvalue weighted by atomic mass is 10.1. The summed E-state index contributed by atoms with van der Waals surface area (Å²) < 4.78 is 5.56. The van der Waals surface area contributed by atoms with E-state index >= 15 is 0 Å². The first kappa shape index (κ1) is 16.4. The number of carbonyl (C=O) groups excluding carboxylic acids is 2. The topological polar surface area (TPSA) is 55.4 Å². The van der Waals surface area contributed by atoms with Gasteiger partial charge in [-0.25, -0.2) is 0 Å². The average molecular weight is 345 g/mol. The number of amides is 1. The summed E-state index contributed by atoms with van der Waals surface area (Å²) in [7, 11) is 0. The zero-order valence-electron chi connectivity index (χ0n) is 14.3. The minimum atomic E-state index is -0.289. The van der Waals surface area contributed by atoms with Gasteiger partial charge in [0.05, 0.1) is 11.5 Å². The molecule has 2 aromatic rings. The number of rotatable bonds is 5. The monoisotopic (exact) mass is 345 g/mol. The predicted octanol–water partition coefficient (Wildman–Crippen LogP) is 3.27. The maximum atomic E-state index is 12.5. The van der Waals surface area contributed by atoms with E-state index in [1.54, 1.807) is 24.3 Å². The van der Waals surface area contributed by atoms with E-state index in [-0.39, 0.29) is 29.8 Å². The van der Waals surface area contributed by atoms with Crippen LogP contribution in [0, 0.1) is 18.3 Å². The lowest BCUT2D eigenvalue weighted by Gasteiger charge is -2.10. The summed E-state index contributed by atoms with van der Waals surface area (Å²) in [4.78, 5) is 24.8. The molecule has 0 saturated heterocycles. The summed E-state index contributed by atoms with van der Waals surface area (Å²) >= 11 is 0. The van der Waals surface area contributed by atoms with Crippen LogP contribution >= 0.6 is 0 Å². The standard InChI is InChI=1S/C22H19NO3/c1-2-14-7-9-15(10-8-14)18-13-19(18)22(25)26-20-6-4-3-5-17(20)21(24)23-16-11-12-16/h1,3-10,16,18-19H,11-13H2,(H,23,24). The minimum Gasteiger partial charge on any atom is -0.425 e. The second-order valence-electron chi connectivity index (χ2n) is 6.88. The molecule has 26 heavy (non-hydrogen) atoms. The fraction of sp³-hybridized carbons (Fsp3) is 0.273. The first-order valence-electron chi connectivity index (χ1n) is 8.84. The Kier molecular flexibility index (Phi) is 4.22. The van der Waals surface area contributed by atoms with Gasteiger partial charge in [-0.1, -0.05) is 30.2 Å². The molecule has 2 saturated carbocycles. The van der Waals surface area contributed by atoms with Gasteiger partial charge in [0.25, 0.3) is 5.91 Å². The van der Waals surface area contributed by atoms with Crippen molar-refractivity contribution in [2.24, 2.45) is 5.92 Å². The summed E-state index contributed by atoms with van der Waals surface area (Å²) in [5.41, 5.74) is 2.32. The van der Waals surface area contributed by atoms with E-state index in [1.807, 2.05) is 24.3 Å². The Bertz CT molecular complexity index is 890. The molecule has 1 amide bonds. The Morgan fingerprint density at radius 1 is 1.08 bits per heavy atom. The molecule has 2 aliphatic rings. The largest absolute Gasteiger partial charge is 0.425 e. The molecular weight excluding hydrogens is 326 g/mol. The van der Waals surface area contributed by atoms with Gasteiger partial charge in [0.15, 0.2) is 0 Å². The van der Waals surface area contributed by atoms with E-state index in [0.717, 1.165) is 30.4 Å². The molecule has 4 nitrogen and oxygen atoms in total. The van der Waals surface area contributed by atoms with Crippen molar-refractivity contribution in [3.8, 4) is 18.1 Å². The van der Waals surface area contributed by atoms with Gasteiger partial charge in [-0.05, 0) is 55.0 Å². The maximum Gasteiger partial charge on any atom is 0.314 e. The minimum absolute atomic E-state index is 0.154. The van der Waals surface area contributed by atoms with Crippen molar-refractivity contribution in [2.75, 3.05) is 0 Å². The Labute approximate surface area is 152 Å². The third-order valence-electron chi connectivity index (χ3n) is 4.85. The van der Waals surface area contributed by atoms with Crippen molar-refractivity contribution in [3.63, 3.8) is 0 Å². The maximum absolute atomic E-state index is 12.5. The smallest absolute Gasteiger partial charge is 0.314 e. The molecule has 4 heteroatoms. The molecule has 0 aromatic heterocycles. The number of terminal acetylenes is 1. The number of hydrogen-bond donors (Lipinski definition) is 1. The quantitative estimate of drug-likeness (QED) is 0.514. The highest BCUT2D eigenvalue weighted by molar-refractivity contribution is 5.98. The van der Waals surface area contributed by atoms with Gasteiger partial charge in [0, 0.05) is 11.6 Å². The van der Waals surface area contributed by atoms with Gasteiger partial charge < -0.3 is 10.1 Å². The van der Waals surface area contributed by atoms with E-state index in [9.17, 15) is 9.59 Å². The van der Waals surface area contributed by atoms with Gasteiger partial charge in [0.1, 0.15) is 5.75 Å². The van der Waals surface area contributed by atoms with E-state index in [1.165, 1.54) is 0 Å². The van der Waals surface area contributed by atoms with Crippen LogP contribution in [0.5, 0.6) is 5.75 Å². The van der Waals surface area contributed by atoms with Crippen molar-refractivity contribution in [1.82, 2.24) is 5.32 Å². The molecule has 2 aliphatic carbocycles. The Morgan fingerprint density at radius 2 is 1.81 bits per heavy atom. The van der Waals surface area contributed by atoms with Crippen LogP contribution in [0.1, 0.15) is 46.7 Å². The van der Waals surface area contributed by atoms with Crippen molar-refractivity contribution < 1.29 is 14.3 Å². The predicted molar refractivity (Wildman–Crippen MR) is 97.8 cm³/mol. The van der Waals surface area contributed by atoms with Crippen molar-refractivity contribution in [1.29, 1.82) is 0 Å². The Balaban J connectivity index is 1.42. The second-order valence-corrected chi connectivity index (χ2v) is 6.88. The van der Waals surface area contributed by atoms with E-state index < -0.39 is 0 Å². The molecule has 0 spiro atoms. The number of hydrogen-bond acceptors (Lipinski definition) is 3. The van der Waals surface area contributed by atoms with Crippen LogP contribution in [-0.4, -0.2) is 17.9 Å². The highest BCUT2D eigenvalue weighted by Crippen LogP contribution is 2.48. The van der Waals surface area contributed by atoms with Gasteiger partial charge in [-0.2, -0.15) is 0 Å². The summed E-state index contributed by atoms with van der Waals surface area (Å²) in [6, 6.07) is 14.8. The van der Waals surface area contributed by atoms with Gasteiger partial charge in [0.2, 0.25) is 0 Å². The number of esters is 1. The zero-order valence-corrected chi connectivity index (χ0v) is 14.3. The average Bonchev–Trinajstić information content (AvgIpc) is 3.57. The Hall–Kier alpha value is -3.06. The lowest BCUT2D eigenvalue weighted by Crippen LogP contribution is -2.26. The molecule has 0 heterocycles. The van der Waals surface area contributed by atoms with Crippen LogP contribution in [-0.2, 0) is 4.79 Å². The lowest BCUT2D eigenvalue weighted by molar-refractivity contribution is -0.135. The van der Waals surface area contributed by atoms with Crippen molar-refractivity contribution in [2.45, 2.75) is 31.2 Å². The van der Waals surface area contributed by atoms with E-state index in [2.05, 4.69) is 11.2 Å². The number of benzene rings is 2. The van der Waals surface area contributed by atoms with Gasteiger partial charge in [-0.15, -0.1) is 6.42 Å². The van der Waals surface area contributed by atoms with Crippen molar-refractivity contribution >= 4 is 11.9 Å². The fourth-order valence-corrected chi connectivity index (χ4v) is 3.07. The molecule has 0 aliphatic heterocycles. The molecule has 0 radical (unpaired) electrons. The number of ether oxygens (including phenoxy) is 1. The zero-order chi connectivity index (χ0) is 18.1. The van der Waals surface area contributed by atoms with Gasteiger partial charge >= 0.3 is 5.97 Å². The summed E-state index contributed by atoms with van der Waals surface area (Å²) in [6.45, 7) is 0. The van der Waals surface area contributed by atoms with Crippen LogP contribution in [0.15, 0.2) is 48.5 Å². The first-order chi connectivity index (χ1) is 12.7. The van der Waals surface area contributed by atoms with E-state index in [0.29, 0.717) is 11.3 Å². The van der Waals surface area contributed by atoms with Crippen molar-refractivity contribution in [3.05, 3.63) is 65.2 Å². The third kappa shape index (κ3) is 3.48.